The first-order valence-corrected chi connectivity index (χ1v) is 7.34. The Morgan fingerprint density at radius 3 is 2.29 bits per heavy atom. The summed E-state index contributed by atoms with van der Waals surface area (Å²) in [4.78, 5) is 0. The molecule has 0 fully saturated rings. The molecule has 1 unspecified atom stereocenters. The van der Waals surface area contributed by atoms with Crippen molar-refractivity contribution in [2.45, 2.75) is 40.7 Å². The van der Waals surface area contributed by atoms with Crippen LogP contribution in [0.1, 0.15) is 39.5 Å². The molecule has 0 spiro atoms. The second kappa shape index (κ2) is 6.31. The number of hydrogen-bond acceptors (Lipinski definition) is 2. The average molecular weight is 284 g/mol. The van der Waals surface area contributed by atoms with Crippen LogP contribution in [0.15, 0.2) is 30.3 Å². The standard InChI is InChI=1S/C19H24O2/c1-12-8-15(4)16(5)19(9-12)21-11-18(20)17-7-6-13(2)14(3)10-17/h6-10,18,20H,11H2,1-5H3. The molecular formula is C19H24O2. The molecule has 2 nitrogen and oxygen atoms in total. The van der Waals surface area contributed by atoms with Gasteiger partial charge in [-0.3, -0.25) is 0 Å². The largest absolute Gasteiger partial charge is 0.490 e. The monoisotopic (exact) mass is 284 g/mol. The van der Waals surface area contributed by atoms with E-state index in [2.05, 4.69) is 33.8 Å². The summed E-state index contributed by atoms with van der Waals surface area (Å²) in [6.07, 6.45) is -0.607. The molecule has 2 heteroatoms. The van der Waals surface area contributed by atoms with Gasteiger partial charge in [0, 0.05) is 0 Å². The number of aliphatic hydroxyl groups is 1. The third-order valence-electron chi connectivity index (χ3n) is 4.08. The molecule has 1 atom stereocenters. The van der Waals surface area contributed by atoms with Crippen LogP contribution in [0.4, 0.5) is 0 Å². The minimum absolute atomic E-state index is 0.270. The van der Waals surface area contributed by atoms with Crippen LogP contribution in [0.3, 0.4) is 0 Å². The SMILES string of the molecule is Cc1cc(C)c(C)c(OCC(O)c2ccc(C)c(C)c2)c1. The Hall–Kier alpha value is -1.80. The summed E-state index contributed by atoms with van der Waals surface area (Å²) in [7, 11) is 0. The van der Waals surface area contributed by atoms with Crippen LogP contribution in [0, 0.1) is 34.6 Å². The highest BCUT2D eigenvalue weighted by Gasteiger charge is 2.11. The normalized spacial score (nSPS) is 12.3. The van der Waals surface area contributed by atoms with E-state index in [1.807, 2.05) is 31.2 Å². The van der Waals surface area contributed by atoms with Crippen molar-refractivity contribution in [3.63, 3.8) is 0 Å². The maximum Gasteiger partial charge on any atom is 0.122 e. The number of hydrogen-bond donors (Lipinski definition) is 1. The summed E-state index contributed by atoms with van der Waals surface area (Å²) in [5.41, 5.74) is 6.85. The first-order valence-electron chi connectivity index (χ1n) is 7.34. The molecule has 0 aliphatic carbocycles. The zero-order valence-corrected chi connectivity index (χ0v) is 13.5. The Bertz CT molecular complexity index is 644. The van der Waals surface area contributed by atoms with Gasteiger partial charge in [-0.15, -0.1) is 0 Å². The molecule has 0 heterocycles. The third kappa shape index (κ3) is 3.64. The lowest BCUT2D eigenvalue weighted by Gasteiger charge is -2.16. The fourth-order valence-electron chi connectivity index (χ4n) is 2.39. The summed E-state index contributed by atoms with van der Waals surface area (Å²) < 4.78 is 5.83. The van der Waals surface area contributed by atoms with E-state index in [1.54, 1.807) is 0 Å². The number of aliphatic hydroxyl groups excluding tert-OH is 1. The molecule has 0 aliphatic heterocycles. The van der Waals surface area contributed by atoms with E-state index in [0.29, 0.717) is 0 Å². The zero-order valence-electron chi connectivity index (χ0n) is 13.5. The molecule has 0 saturated carbocycles. The van der Waals surface area contributed by atoms with Crippen molar-refractivity contribution in [3.05, 3.63) is 63.7 Å². The molecule has 0 aromatic heterocycles. The number of aryl methyl sites for hydroxylation is 4. The van der Waals surface area contributed by atoms with E-state index in [1.165, 1.54) is 22.3 Å². The minimum atomic E-state index is -0.607. The average Bonchev–Trinajstić information content (AvgIpc) is 2.43. The van der Waals surface area contributed by atoms with Crippen LogP contribution in [0.5, 0.6) is 5.75 Å². The van der Waals surface area contributed by atoms with Gasteiger partial charge in [0.2, 0.25) is 0 Å². The predicted octanol–water partition coefficient (Wildman–Crippen LogP) is 4.34. The second-order valence-corrected chi connectivity index (χ2v) is 5.88. The molecule has 112 valence electrons. The van der Waals surface area contributed by atoms with E-state index in [9.17, 15) is 5.11 Å². The topological polar surface area (TPSA) is 29.5 Å². The van der Waals surface area contributed by atoms with Gasteiger partial charge in [0.05, 0.1) is 0 Å². The van der Waals surface area contributed by atoms with Crippen LogP contribution >= 0.6 is 0 Å². The number of benzene rings is 2. The first kappa shape index (κ1) is 15.6. The highest BCUT2D eigenvalue weighted by molar-refractivity contribution is 5.42. The second-order valence-electron chi connectivity index (χ2n) is 5.88. The lowest BCUT2D eigenvalue weighted by Crippen LogP contribution is -2.11. The molecule has 2 rings (SSSR count). The van der Waals surface area contributed by atoms with Gasteiger partial charge in [0.25, 0.3) is 0 Å². The summed E-state index contributed by atoms with van der Waals surface area (Å²) in [6, 6.07) is 10.2. The number of rotatable bonds is 4. The van der Waals surface area contributed by atoms with Crippen molar-refractivity contribution in [2.75, 3.05) is 6.61 Å². The van der Waals surface area contributed by atoms with Gasteiger partial charge < -0.3 is 9.84 Å². The molecular weight excluding hydrogens is 260 g/mol. The van der Waals surface area contributed by atoms with E-state index >= 15 is 0 Å². The Morgan fingerprint density at radius 1 is 0.905 bits per heavy atom. The molecule has 0 saturated heterocycles. The van der Waals surface area contributed by atoms with Crippen molar-refractivity contribution in [1.82, 2.24) is 0 Å². The molecule has 0 aliphatic rings. The van der Waals surface area contributed by atoms with E-state index in [0.717, 1.165) is 16.9 Å². The van der Waals surface area contributed by atoms with Gasteiger partial charge in [-0.25, -0.2) is 0 Å². The Morgan fingerprint density at radius 2 is 1.62 bits per heavy atom. The summed E-state index contributed by atoms with van der Waals surface area (Å²) in [5, 5.41) is 10.3. The Labute approximate surface area is 127 Å². The molecule has 2 aromatic rings. The van der Waals surface area contributed by atoms with Gasteiger partial charge in [-0.1, -0.05) is 24.3 Å². The van der Waals surface area contributed by atoms with Crippen molar-refractivity contribution >= 4 is 0 Å². The van der Waals surface area contributed by atoms with E-state index < -0.39 is 6.10 Å². The van der Waals surface area contributed by atoms with Gasteiger partial charge in [-0.05, 0) is 74.1 Å². The molecule has 1 N–H and O–H groups in total. The smallest absolute Gasteiger partial charge is 0.122 e. The molecule has 0 amide bonds. The molecule has 0 radical (unpaired) electrons. The highest BCUT2D eigenvalue weighted by atomic mass is 16.5. The molecule has 2 aromatic carbocycles. The van der Waals surface area contributed by atoms with Gasteiger partial charge in [0.15, 0.2) is 0 Å². The summed E-state index contributed by atoms with van der Waals surface area (Å²) in [5.74, 6) is 0.857. The third-order valence-corrected chi connectivity index (χ3v) is 4.08. The van der Waals surface area contributed by atoms with Crippen molar-refractivity contribution < 1.29 is 9.84 Å². The van der Waals surface area contributed by atoms with Gasteiger partial charge in [0.1, 0.15) is 18.5 Å². The molecule has 0 bridgehead atoms. The highest BCUT2D eigenvalue weighted by Crippen LogP contribution is 2.25. The lowest BCUT2D eigenvalue weighted by atomic mass is 10.0. The summed E-state index contributed by atoms with van der Waals surface area (Å²) >= 11 is 0. The first-order chi connectivity index (χ1) is 9.88. The lowest BCUT2D eigenvalue weighted by molar-refractivity contribution is 0.107. The van der Waals surface area contributed by atoms with E-state index in [4.69, 9.17) is 4.74 Å². The summed E-state index contributed by atoms with van der Waals surface area (Å²) in [6.45, 7) is 10.6. The van der Waals surface area contributed by atoms with Crippen molar-refractivity contribution in [3.8, 4) is 5.75 Å². The molecule has 21 heavy (non-hydrogen) atoms. The van der Waals surface area contributed by atoms with Gasteiger partial charge >= 0.3 is 0 Å². The van der Waals surface area contributed by atoms with Crippen molar-refractivity contribution in [2.24, 2.45) is 0 Å². The Balaban J connectivity index is 2.10. The van der Waals surface area contributed by atoms with Crippen LogP contribution in [-0.2, 0) is 0 Å². The predicted molar refractivity (Wildman–Crippen MR) is 87.0 cm³/mol. The fraction of sp³-hybridized carbons (Fsp3) is 0.368. The van der Waals surface area contributed by atoms with Crippen molar-refractivity contribution in [1.29, 1.82) is 0 Å². The zero-order chi connectivity index (χ0) is 15.6. The minimum Gasteiger partial charge on any atom is -0.490 e. The van der Waals surface area contributed by atoms with Crippen LogP contribution in [0.25, 0.3) is 0 Å². The Kier molecular flexibility index (Phi) is 4.69. The maximum atomic E-state index is 10.3. The van der Waals surface area contributed by atoms with Crippen LogP contribution in [-0.4, -0.2) is 11.7 Å². The van der Waals surface area contributed by atoms with E-state index in [-0.39, 0.29) is 6.61 Å². The fourth-order valence-corrected chi connectivity index (χ4v) is 2.39. The number of ether oxygens (including phenoxy) is 1. The van der Waals surface area contributed by atoms with Crippen LogP contribution in [0.2, 0.25) is 0 Å². The van der Waals surface area contributed by atoms with Gasteiger partial charge in [-0.2, -0.15) is 0 Å². The maximum absolute atomic E-state index is 10.3. The van der Waals surface area contributed by atoms with Crippen LogP contribution < -0.4 is 4.74 Å². The quantitative estimate of drug-likeness (QED) is 0.905.